The lowest BCUT2D eigenvalue weighted by molar-refractivity contribution is 0.746. The molecule has 2 aromatic rings. The SMILES string of the molecule is CCc1nn(C)cc1CNc1c(Cl)cc(Cl)cc1Cl. The van der Waals surface area contributed by atoms with Gasteiger partial charge in [0.1, 0.15) is 0 Å². The van der Waals surface area contributed by atoms with Crippen LogP contribution in [0.2, 0.25) is 15.1 Å². The molecule has 1 aromatic carbocycles. The zero-order valence-electron chi connectivity index (χ0n) is 10.7. The lowest BCUT2D eigenvalue weighted by Gasteiger charge is -2.10. The van der Waals surface area contributed by atoms with E-state index in [1.54, 1.807) is 16.8 Å². The Morgan fingerprint density at radius 3 is 2.42 bits per heavy atom. The van der Waals surface area contributed by atoms with Gasteiger partial charge in [0.05, 0.1) is 21.4 Å². The molecule has 1 heterocycles. The Morgan fingerprint density at radius 2 is 1.84 bits per heavy atom. The first-order valence-electron chi connectivity index (χ1n) is 5.91. The highest BCUT2D eigenvalue weighted by Gasteiger charge is 2.10. The first-order valence-corrected chi connectivity index (χ1v) is 7.04. The average molecular weight is 319 g/mol. The van der Waals surface area contributed by atoms with E-state index in [1.807, 2.05) is 13.2 Å². The summed E-state index contributed by atoms with van der Waals surface area (Å²) in [5.41, 5.74) is 2.89. The topological polar surface area (TPSA) is 29.9 Å². The number of anilines is 1. The molecule has 0 aliphatic rings. The lowest BCUT2D eigenvalue weighted by atomic mass is 10.2. The molecule has 0 radical (unpaired) electrons. The number of benzene rings is 1. The Labute approximate surface area is 127 Å². The van der Waals surface area contributed by atoms with Crippen LogP contribution in [0.5, 0.6) is 0 Å². The van der Waals surface area contributed by atoms with Gasteiger partial charge in [0, 0.05) is 30.4 Å². The van der Waals surface area contributed by atoms with Crippen LogP contribution >= 0.6 is 34.8 Å². The molecule has 19 heavy (non-hydrogen) atoms. The van der Waals surface area contributed by atoms with Crippen molar-refractivity contribution in [1.82, 2.24) is 9.78 Å². The van der Waals surface area contributed by atoms with E-state index < -0.39 is 0 Å². The molecule has 1 N–H and O–H groups in total. The fourth-order valence-electron chi connectivity index (χ4n) is 1.92. The molecule has 0 unspecified atom stereocenters. The third-order valence-corrected chi connectivity index (χ3v) is 3.60. The largest absolute Gasteiger partial charge is 0.378 e. The van der Waals surface area contributed by atoms with Crippen LogP contribution in [-0.4, -0.2) is 9.78 Å². The summed E-state index contributed by atoms with van der Waals surface area (Å²) >= 11 is 18.1. The molecule has 0 aliphatic heterocycles. The minimum absolute atomic E-state index is 0.513. The van der Waals surface area contributed by atoms with Crippen LogP contribution in [0.25, 0.3) is 0 Å². The number of hydrogen-bond acceptors (Lipinski definition) is 2. The maximum Gasteiger partial charge on any atom is 0.0722 e. The highest BCUT2D eigenvalue weighted by Crippen LogP contribution is 2.34. The molecule has 0 fully saturated rings. The minimum Gasteiger partial charge on any atom is -0.378 e. The van der Waals surface area contributed by atoms with E-state index in [1.165, 1.54) is 0 Å². The van der Waals surface area contributed by atoms with Gasteiger partial charge in [0.2, 0.25) is 0 Å². The van der Waals surface area contributed by atoms with Crippen LogP contribution in [-0.2, 0) is 20.0 Å². The fourth-order valence-corrected chi connectivity index (χ4v) is 2.87. The maximum atomic E-state index is 6.13. The zero-order valence-corrected chi connectivity index (χ0v) is 12.9. The Hall–Kier alpha value is -0.900. The van der Waals surface area contributed by atoms with Crippen LogP contribution in [0.1, 0.15) is 18.2 Å². The van der Waals surface area contributed by atoms with Crippen molar-refractivity contribution in [2.75, 3.05) is 5.32 Å². The molecule has 3 nitrogen and oxygen atoms in total. The number of nitrogens with zero attached hydrogens (tertiary/aromatic N) is 2. The Balaban J connectivity index is 2.19. The second-order valence-corrected chi connectivity index (χ2v) is 5.48. The molecule has 102 valence electrons. The normalized spacial score (nSPS) is 10.8. The van der Waals surface area contributed by atoms with Gasteiger partial charge in [-0.05, 0) is 18.6 Å². The van der Waals surface area contributed by atoms with E-state index >= 15 is 0 Å². The van der Waals surface area contributed by atoms with Crippen LogP contribution in [0.4, 0.5) is 5.69 Å². The van der Waals surface area contributed by atoms with E-state index in [9.17, 15) is 0 Å². The maximum absolute atomic E-state index is 6.13. The van der Waals surface area contributed by atoms with Gasteiger partial charge in [-0.25, -0.2) is 0 Å². The van der Waals surface area contributed by atoms with Crippen LogP contribution in [0, 0.1) is 0 Å². The van der Waals surface area contributed by atoms with Gasteiger partial charge < -0.3 is 5.32 Å². The van der Waals surface area contributed by atoms with Crippen molar-refractivity contribution in [1.29, 1.82) is 0 Å². The van der Waals surface area contributed by atoms with Crippen LogP contribution < -0.4 is 5.32 Å². The van der Waals surface area contributed by atoms with Gasteiger partial charge >= 0.3 is 0 Å². The van der Waals surface area contributed by atoms with Gasteiger partial charge in [-0.1, -0.05) is 41.7 Å². The molecule has 0 aliphatic carbocycles. The first-order chi connectivity index (χ1) is 9.01. The molecule has 6 heteroatoms. The summed E-state index contributed by atoms with van der Waals surface area (Å²) in [4.78, 5) is 0. The summed E-state index contributed by atoms with van der Waals surface area (Å²) in [6.45, 7) is 2.70. The Bertz CT molecular complexity index is 570. The second-order valence-electron chi connectivity index (χ2n) is 4.23. The molecule has 0 saturated carbocycles. The van der Waals surface area contributed by atoms with Crippen LogP contribution in [0.3, 0.4) is 0 Å². The molecule has 0 bridgehead atoms. The average Bonchev–Trinajstić information content (AvgIpc) is 2.68. The molecule has 0 saturated heterocycles. The van der Waals surface area contributed by atoms with E-state index in [-0.39, 0.29) is 0 Å². The molecule has 0 amide bonds. The van der Waals surface area contributed by atoms with Crippen molar-refractivity contribution in [2.45, 2.75) is 19.9 Å². The number of aromatic nitrogens is 2. The van der Waals surface area contributed by atoms with E-state index in [4.69, 9.17) is 34.8 Å². The van der Waals surface area contributed by atoms with Gasteiger partial charge in [-0.3, -0.25) is 4.68 Å². The molecule has 1 aromatic heterocycles. The molecule has 0 atom stereocenters. The van der Waals surface area contributed by atoms with E-state index in [0.29, 0.717) is 27.3 Å². The highest BCUT2D eigenvalue weighted by atomic mass is 35.5. The number of aryl methyl sites for hydroxylation is 2. The third-order valence-electron chi connectivity index (χ3n) is 2.79. The number of hydrogen-bond donors (Lipinski definition) is 1. The molecule has 0 spiro atoms. The Kier molecular flexibility index (Phi) is 4.61. The summed E-state index contributed by atoms with van der Waals surface area (Å²) in [6.07, 6.45) is 2.88. The monoisotopic (exact) mass is 317 g/mol. The van der Waals surface area contributed by atoms with Gasteiger partial charge in [0.25, 0.3) is 0 Å². The van der Waals surface area contributed by atoms with Crippen molar-refractivity contribution in [3.8, 4) is 0 Å². The first kappa shape index (κ1) is 14.5. The summed E-state index contributed by atoms with van der Waals surface area (Å²) in [5, 5.41) is 9.18. The zero-order chi connectivity index (χ0) is 14.0. The van der Waals surface area contributed by atoms with Gasteiger partial charge in [-0.2, -0.15) is 5.10 Å². The molecule has 2 rings (SSSR count). The molecular weight excluding hydrogens is 305 g/mol. The quantitative estimate of drug-likeness (QED) is 0.896. The summed E-state index contributed by atoms with van der Waals surface area (Å²) < 4.78 is 1.81. The van der Waals surface area contributed by atoms with Crippen LogP contribution in [0.15, 0.2) is 18.3 Å². The summed E-state index contributed by atoms with van der Waals surface area (Å²) in [6, 6.07) is 3.34. The number of rotatable bonds is 4. The van der Waals surface area contributed by atoms with Crippen molar-refractivity contribution >= 4 is 40.5 Å². The minimum atomic E-state index is 0.513. The van der Waals surface area contributed by atoms with E-state index in [0.717, 1.165) is 17.7 Å². The second kappa shape index (κ2) is 6.04. The van der Waals surface area contributed by atoms with Crippen molar-refractivity contribution < 1.29 is 0 Å². The third kappa shape index (κ3) is 3.35. The molecular formula is C13H14Cl3N3. The summed E-state index contributed by atoms with van der Waals surface area (Å²) in [7, 11) is 1.91. The standard InChI is InChI=1S/C13H14Cl3N3/c1-3-12-8(7-19(2)18-12)6-17-13-10(15)4-9(14)5-11(13)16/h4-5,7,17H,3,6H2,1-2H3. The number of nitrogens with one attached hydrogen (secondary N) is 1. The van der Waals surface area contributed by atoms with Crippen molar-refractivity contribution in [3.63, 3.8) is 0 Å². The Morgan fingerprint density at radius 1 is 1.21 bits per heavy atom. The van der Waals surface area contributed by atoms with E-state index in [2.05, 4.69) is 17.3 Å². The summed E-state index contributed by atoms with van der Waals surface area (Å²) in [5.74, 6) is 0. The number of halogens is 3. The smallest absolute Gasteiger partial charge is 0.0722 e. The lowest BCUT2D eigenvalue weighted by Crippen LogP contribution is -2.02. The van der Waals surface area contributed by atoms with Crippen molar-refractivity contribution in [3.05, 3.63) is 44.7 Å². The van der Waals surface area contributed by atoms with Crippen molar-refractivity contribution in [2.24, 2.45) is 7.05 Å². The predicted molar refractivity (Wildman–Crippen MR) is 81.4 cm³/mol. The predicted octanol–water partition coefficient (Wildman–Crippen LogP) is 4.55. The highest BCUT2D eigenvalue weighted by molar-refractivity contribution is 6.41. The van der Waals surface area contributed by atoms with Gasteiger partial charge in [0.15, 0.2) is 0 Å². The fraction of sp³-hybridized carbons (Fsp3) is 0.308. The van der Waals surface area contributed by atoms with Gasteiger partial charge in [-0.15, -0.1) is 0 Å².